The molecule has 0 saturated heterocycles. The third-order valence-corrected chi connectivity index (χ3v) is 10.7. The number of halogens is 8. The van der Waals surface area contributed by atoms with Crippen LogP contribution in [0.1, 0.15) is 0 Å². The molecule has 2 N–H and O–H groups in total. The van der Waals surface area contributed by atoms with Crippen LogP contribution in [0.3, 0.4) is 0 Å². The van der Waals surface area contributed by atoms with Crippen LogP contribution in [0.2, 0.25) is 0 Å². The first-order valence-electron chi connectivity index (χ1n) is 8.98. The molecule has 4 aromatic carbocycles. The second kappa shape index (κ2) is 13.8. The molecule has 0 amide bonds. The van der Waals surface area contributed by atoms with E-state index in [-0.39, 0.29) is 5.48 Å². The average molecular weight is 958 g/mol. The van der Waals surface area contributed by atoms with Crippen molar-refractivity contribution in [2.45, 2.75) is 0 Å². The summed E-state index contributed by atoms with van der Waals surface area (Å²) >= 11 is 28.2. The standard InChI is InChI=1S/2C12H6Br4.H2O/c2*13-8-5-4-7(6-11(8)16)12-9(14)2-1-3-10(12)15;/h2*1-6H;1H2. The van der Waals surface area contributed by atoms with E-state index in [2.05, 4.69) is 152 Å². The molecule has 4 rings (SSSR count). The zero-order chi connectivity index (χ0) is 23.4. The average Bonchev–Trinajstić information content (AvgIpc) is 2.73. The van der Waals surface area contributed by atoms with Crippen LogP contribution in [0.15, 0.2) is 109 Å². The molecule has 9 heteroatoms. The number of hydrogen-bond acceptors (Lipinski definition) is 0. The highest BCUT2D eigenvalue weighted by atomic mass is 79.9. The number of rotatable bonds is 2. The van der Waals surface area contributed by atoms with Gasteiger partial charge in [-0.1, -0.05) is 88.0 Å². The maximum atomic E-state index is 3.57. The molecule has 0 unspecified atom stereocenters. The summed E-state index contributed by atoms with van der Waals surface area (Å²) in [6.07, 6.45) is 0. The van der Waals surface area contributed by atoms with Gasteiger partial charge in [0.15, 0.2) is 0 Å². The highest BCUT2D eigenvalue weighted by molar-refractivity contribution is 9.13. The Morgan fingerprint density at radius 2 is 0.636 bits per heavy atom. The Kier molecular flexibility index (Phi) is 12.5. The predicted molar refractivity (Wildman–Crippen MR) is 169 cm³/mol. The minimum atomic E-state index is 0. The lowest BCUT2D eigenvalue weighted by Gasteiger charge is -2.08. The molecule has 0 radical (unpaired) electrons. The van der Waals surface area contributed by atoms with Crippen molar-refractivity contribution in [2.75, 3.05) is 0 Å². The molecule has 0 aliphatic carbocycles. The number of benzene rings is 4. The van der Waals surface area contributed by atoms with Crippen molar-refractivity contribution < 1.29 is 5.48 Å². The monoisotopic (exact) mass is 949 g/mol. The predicted octanol–water partition coefficient (Wildman–Crippen LogP) is 12.0. The Bertz CT molecular complexity index is 1130. The smallest absolute Gasteiger partial charge is 0.0323 e. The molecule has 4 aromatic rings. The Labute approximate surface area is 260 Å². The Balaban J connectivity index is 0.000000227. The summed E-state index contributed by atoms with van der Waals surface area (Å²) < 4.78 is 8.53. The van der Waals surface area contributed by atoms with Crippen LogP contribution in [0, 0.1) is 0 Å². The highest BCUT2D eigenvalue weighted by Crippen LogP contribution is 2.38. The lowest BCUT2D eigenvalue weighted by Crippen LogP contribution is -1.82. The first-order valence-corrected chi connectivity index (χ1v) is 15.3. The van der Waals surface area contributed by atoms with Crippen molar-refractivity contribution in [3.63, 3.8) is 0 Å². The van der Waals surface area contributed by atoms with Gasteiger partial charge in [0.2, 0.25) is 0 Å². The maximum absolute atomic E-state index is 3.57. The number of hydrogen-bond donors (Lipinski definition) is 0. The summed E-state index contributed by atoms with van der Waals surface area (Å²) in [4.78, 5) is 0. The lowest BCUT2D eigenvalue weighted by molar-refractivity contribution is 0.824. The fraction of sp³-hybridized carbons (Fsp3) is 0. The zero-order valence-electron chi connectivity index (χ0n) is 16.5. The molecule has 0 fully saturated rings. The molecule has 0 spiro atoms. The third kappa shape index (κ3) is 7.83. The van der Waals surface area contributed by atoms with E-state index in [0.29, 0.717) is 0 Å². The summed E-state index contributed by atoms with van der Waals surface area (Å²) in [5.74, 6) is 0. The van der Waals surface area contributed by atoms with E-state index in [1.54, 1.807) is 0 Å². The zero-order valence-corrected chi connectivity index (χ0v) is 29.1. The Morgan fingerprint density at radius 1 is 0.333 bits per heavy atom. The van der Waals surface area contributed by atoms with Crippen molar-refractivity contribution >= 4 is 127 Å². The van der Waals surface area contributed by atoms with Crippen LogP contribution >= 0.6 is 127 Å². The lowest BCUT2D eigenvalue weighted by atomic mass is 10.1. The molecule has 0 aromatic heterocycles. The van der Waals surface area contributed by atoms with Crippen LogP contribution in [-0.4, -0.2) is 5.48 Å². The molecule has 172 valence electrons. The van der Waals surface area contributed by atoms with Gasteiger partial charge in [-0.05, 0) is 123 Å². The van der Waals surface area contributed by atoms with Crippen molar-refractivity contribution in [3.05, 3.63) is 109 Å². The molecule has 1 nitrogen and oxygen atoms in total. The van der Waals surface area contributed by atoms with Crippen molar-refractivity contribution in [3.8, 4) is 22.3 Å². The molecule has 0 aliphatic heterocycles. The van der Waals surface area contributed by atoms with Crippen LogP contribution < -0.4 is 0 Å². The van der Waals surface area contributed by atoms with Gasteiger partial charge < -0.3 is 5.48 Å². The van der Waals surface area contributed by atoms with Crippen molar-refractivity contribution in [1.29, 1.82) is 0 Å². The minimum Gasteiger partial charge on any atom is -0.412 e. The first-order chi connectivity index (χ1) is 15.2. The van der Waals surface area contributed by atoms with Gasteiger partial charge >= 0.3 is 0 Å². The van der Waals surface area contributed by atoms with Gasteiger partial charge in [0, 0.05) is 46.9 Å². The topological polar surface area (TPSA) is 31.5 Å². The van der Waals surface area contributed by atoms with E-state index in [0.717, 1.165) is 58.0 Å². The van der Waals surface area contributed by atoms with E-state index >= 15 is 0 Å². The molecule has 0 bridgehead atoms. The summed E-state index contributed by atoms with van der Waals surface area (Å²) in [7, 11) is 0. The van der Waals surface area contributed by atoms with Crippen molar-refractivity contribution in [2.24, 2.45) is 0 Å². The van der Waals surface area contributed by atoms with E-state index < -0.39 is 0 Å². The maximum Gasteiger partial charge on any atom is 0.0323 e. The second-order valence-corrected chi connectivity index (χ2v) is 13.3. The van der Waals surface area contributed by atoms with Gasteiger partial charge in [0.1, 0.15) is 0 Å². The largest absolute Gasteiger partial charge is 0.412 e. The molecule has 0 atom stereocenters. The van der Waals surface area contributed by atoms with Crippen LogP contribution in [0.5, 0.6) is 0 Å². The molecular formula is C24H14Br8O. The first kappa shape index (κ1) is 29.9. The van der Waals surface area contributed by atoms with Crippen LogP contribution in [0.25, 0.3) is 22.3 Å². The molecule has 33 heavy (non-hydrogen) atoms. The van der Waals surface area contributed by atoms with E-state index in [1.165, 1.54) is 0 Å². The third-order valence-electron chi connectivity index (χ3n) is 4.34. The fourth-order valence-electron chi connectivity index (χ4n) is 2.85. The van der Waals surface area contributed by atoms with Crippen molar-refractivity contribution in [1.82, 2.24) is 0 Å². The Morgan fingerprint density at radius 3 is 0.909 bits per heavy atom. The fourth-order valence-corrected chi connectivity index (χ4v) is 7.01. The highest BCUT2D eigenvalue weighted by Gasteiger charge is 2.09. The van der Waals surface area contributed by atoms with E-state index in [9.17, 15) is 0 Å². The summed E-state index contributed by atoms with van der Waals surface area (Å²) in [5, 5.41) is 0. The molecule has 0 saturated carbocycles. The van der Waals surface area contributed by atoms with Gasteiger partial charge in [0.25, 0.3) is 0 Å². The minimum absolute atomic E-state index is 0. The van der Waals surface area contributed by atoms with E-state index in [4.69, 9.17) is 0 Å². The molecule has 0 heterocycles. The Hall–Kier alpha value is 0.680. The van der Waals surface area contributed by atoms with Crippen LogP contribution in [0.4, 0.5) is 0 Å². The summed E-state index contributed by atoms with van der Waals surface area (Å²) in [5.41, 5.74) is 4.65. The van der Waals surface area contributed by atoms with Gasteiger partial charge in [-0.3, -0.25) is 0 Å². The van der Waals surface area contributed by atoms with Crippen LogP contribution in [-0.2, 0) is 0 Å². The van der Waals surface area contributed by atoms with Gasteiger partial charge in [-0.15, -0.1) is 0 Å². The van der Waals surface area contributed by atoms with Gasteiger partial charge in [-0.25, -0.2) is 0 Å². The molecule has 0 aliphatic rings. The van der Waals surface area contributed by atoms with E-state index in [1.807, 2.05) is 48.5 Å². The summed E-state index contributed by atoms with van der Waals surface area (Å²) in [6.45, 7) is 0. The van der Waals surface area contributed by atoms with Gasteiger partial charge in [-0.2, -0.15) is 0 Å². The van der Waals surface area contributed by atoms with Gasteiger partial charge in [0.05, 0.1) is 0 Å². The molecular weight excluding hydrogens is 943 g/mol. The quantitative estimate of drug-likeness (QED) is 0.192. The second-order valence-electron chi connectivity index (χ2n) is 6.45. The SMILES string of the molecule is Brc1ccc(-c2c(Br)cccc2Br)cc1Br.Brc1ccc(-c2c(Br)cccc2Br)cc1Br.O. The normalized spacial score (nSPS) is 10.2. The summed E-state index contributed by atoms with van der Waals surface area (Å²) in [6, 6.07) is 24.6.